The molecule has 10 heteroatoms. The first-order valence-corrected chi connectivity index (χ1v) is 15.6. The quantitative estimate of drug-likeness (QED) is 0.300. The van der Waals surface area contributed by atoms with Crippen LogP contribution in [0.4, 0.5) is 5.69 Å². The van der Waals surface area contributed by atoms with Gasteiger partial charge in [-0.15, -0.1) is 0 Å². The van der Waals surface area contributed by atoms with E-state index in [1.807, 2.05) is 42.7 Å². The van der Waals surface area contributed by atoms with Gasteiger partial charge in [-0.05, 0) is 57.0 Å². The highest BCUT2D eigenvalue weighted by Crippen LogP contribution is 2.52. The number of aldehydes is 1. The van der Waals surface area contributed by atoms with Crippen molar-refractivity contribution in [3.8, 4) is 23.1 Å². The van der Waals surface area contributed by atoms with Gasteiger partial charge in [-0.2, -0.15) is 0 Å². The van der Waals surface area contributed by atoms with E-state index in [4.69, 9.17) is 14.2 Å². The summed E-state index contributed by atoms with van der Waals surface area (Å²) < 4.78 is 18.3. The largest absolute Gasteiger partial charge is 0.478 e. The van der Waals surface area contributed by atoms with Crippen molar-refractivity contribution in [1.82, 2.24) is 24.8 Å². The Morgan fingerprint density at radius 2 is 1.91 bits per heavy atom. The number of nitrogens with one attached hydrogen (secondary N) is 1. The molecule has 1 N–H and O–H groups in total. The fourth-order valence-corrected chi connectivity index (χ4v) is 7.29. The number of anilines is 1. The van der Waals surface area contributed by atoms with Gasteiger partial charge in [-0.25, -0.2) is 9.97 Å². The predicted molar refractivity (Wildman–Crippen MR) is 167 cm³/mol. The Hall–Kier alpha value is -4.15. The zero-order valence-corrected chi connectivity index (χ0v) is 25.3. The van der Waals surface area contributed by atoms with E-state index in [1.54, 1.807) is 6.20 Å². The second kappa shape index (κ2) is 10.5. The summed E-state index contributed by atoms with van der Waals surface area (Å²) in [6.45, 7) is 11.9. The van der Waals surface area contributed by atoms with Crippen LogP contribution in [0.15, 0.2) is 55.0 Å². The van der Waals surface area contributed by atoms with Crippen LogP contribution >= 0.6 is 0 Å². The lowest BCUT2D eigenvalue weighted by atomic mass is 9.60. The molecule has 3 aromatic heterocycles. The minimum absolute atomic E-state index is 0.342. The summed E-state index contributed by atoms with van der Waals surface area (Å²) in [5, 5.41) is 0.970. The number of carbonyl (C=O) groups is 1. The Balaban J connectivity index is 0.843. The van der Waals surface area contributed by atoms with Gasteiger partial charge in [0.25, 0.3) is 5.88 Å². The van der Waals surface area contributed by atoms with Gasteiger partial charge in [0.2, 0.25) is 0 Å². The Morgan fingerprint density at radius 3 is 2.73 bits per heavy atom. The van der Waals surface area contributed by atoms with Crippen molar-refractivity contribution in [3.63, 3.8) is 0 Å². The first-order valence-electron chi connectivity index (χ1n) is 15.6. The highest BCUT2D eigenvalue weighted by Gasteiger charge is 2.54. The summed E-state index contributed by atoms with van der Waals surface area (Å²) in [7, 11) is 0. The smallest absolute Gasteiger partial charge is 0.257 e. The molecule has 0 radical (unpaired) electrons. The van der Waals surface area contributed by atoms with Gasteiger partial charge in [0.1, 0.15) is 29.4 Å². The highest BCUT2D eigenvalue weighted by atomic mass is 16.6. The minimum Gasteiger partial charge on any atom is -0.478 e. The molecule has 10 nitrogen and oxygen atoms in total. The van der Waals surface area contributed by atoms with E-state index in [-0.39, 0.29) is 5.60 Å². The monoisotopic (exact) mass is 594 g/mol. The van der Waals surface area contributed by atoms with Gasteiger partial charge in [0.15, 0.2) is 12.0 Å². The molecule has 1 aromatic carbocycles. The second-order valence-corrected chi connectivity index (χ2v) is 13.5. The number of hydrogen-bond donors (Lipinski definition) is 1. The first-order chi connectivity index (χ1) is 21.4. The maximum atomic E-state index is 11.8. The van der Waals surface area contributed by atoms with E-state index < -0.39 is 0 Å². The van der Waals surface area contributed by atoms with Crippen LogP contribution in [0.2, 0.25) is 0 Å². The molecule has 0 amide bonds. The number of benzene rings is 1. The molecule has 4 aromatic rings. The zero-order valence-electron chi connectivity index (χ0n) is 25.3. The van der Waals surface area contributed by atoms with E-state index in [9.17, 15) is 4.79 Å². The molecule has 3 fully saturated rings. The molecule has 3 aliphatic heterocycles. The summed E-state index contributed by atoms with van der Waals surface area (Å²) in [4.78, 5) is 31.3. The average Bonchev–Trinajstić information content (AvgIpc) is 3.45. The van der Waals surface area contributed by atoms with E-state index in [0.717, 1.165) is 80.1 Å². The van der Waals surface area contributed by atoms with Gasteiger partial charge in [0, 0.05) is 92.4 Å². The number of H-pyrrole nitrogens is 1. The number of fused-ring (bicyclic) bond motifs is 2. The number of pyridine rings is 2. The number of rotatable bonds is 7. The van der Waals surface area contributed by atoms with E-state index in [2.05, 4.69) is 49.6 Å². The number of aromatic nitrogens is 3. The van der Waals surface area contributed by atoms with Crippen LogP contribution in [-0.2, 0) is 6.54 Å². The van der Waals surface area contributed by atoms with Gasteiger partial charge >= 0.3 is 0 Å². The number of hydrogen-bond acceptors (Lipinski definition) is 9. The molecule has 8 rings (SSSR count). The molecule has 2 saturated heterocycles. The number of ether oxygens (including phenoxy) is 3. The Labute approximate surface area is 256 Å². The molecule has 228 valence electrons. The number of aromatic amines is 1. The number of piperazine rings is 1. The molecule has 6 heterocycles. The van der Waals surface area contributed by atoms with E-state index >= 15 is 0 Å². The fraction of sp³-hybridized carbons (Fsp3) is 0.441. The molecule has 1 saturated carbocycles. The Kier molecular flexibility index (Phi) is 6.53. The number of nitrogens with zero attached hydrogens (tertiary/aromatic N) is 5. The number of carbonyl (C=O) groups excluding carboxylic acids is 1. The van der Waals surface area contributed by atoms with Crippen LogP contribution < -0.4 is 19.1 Å². The van der Waals surface area contributed by atoms with Crippen LogP contribution in [-0.4, -0.2) is 88.6 Å². The Bertz CT molecular complexity index is 1700. The van der Waals surface area contributed by atoms with Crippen molar-refractivity contribution in [2.45, 2.75) is 44.9 Å². The highest BCUT2D eigenvalue weighted by molar-refractivity contribution is 5.82. The third kappa shape index (κ3) is 5.05. The Morgan fingerprint density at radius 1 is 1.07 bits per heavy atom. The second-order valence-electron chi connectivity index (χ2n) is 13.5. The normalized spacial score (nSPS) is 21.2. The van der Waals surface area contributed by atoms with Crippen molar-refractivity contribution in [2.75, 3.05) is 50.8 Å². The van der Waals surface area contributed by atoms with Crippen LogP contribution in [0.5, 0.6) is 23.1 Å². The molecule has 0 bridgehead atoms. The molecule has 0 unspecified atom stereocenters. The van der Waals surface area contributed by atoms with E-state index in [1.165, 1.54) is 12.8 Å². The zero-order chi connectivity index (χ0) is 29.9. The molecular weight excluding hydrogens is 556 g/mol. The summed E-state index contributed by atoms with van der Waals surface area (Å²) in [5.74, 6) is 2.60. The van der Waals surface area contributed by atoms with Crippen LogP contribution in [0.3, 0.4) is 0 Å². The van der Waals surface area contributed by atoms with Crippen molar-refractivity contribution >= 4 is 23.0 Å². The molecular formula is C34H38N6O4. The van der Waals surface area contributed by atoms with Gasteiger partial charge in [-0.3, -0.25) is 14.6 Å². The van der Waals surface area contributed by atoms with Gasteiger partial charge in [-0.1, -0.05) is 0 Å². The molecule has 1 spiro atoms. The van der Waals surface area contributed by atoms with Gasteiger partial charge in [0.05, 0.1) is 11.8 Å². The lowest BCUT2D eigenvalue weighted by Gasteiger charge is -2.62. The summed E-state index contributed by atoms with van der Waals surface area (Å²) in [6, 6.07) is 12.5. The third-order valence-corrected chi connectivity index (χ3v) is 9.69. The molecule has 0 atom stereocenters. The standard InChI is InChI=1S/C34H38N6O4/c1-33(2)22-42-32-30(44-33)24(6-8-36-32)18-38-9-11-39(12-10-38)27-15-34(16-27)20-40(21-34)26-4-3-25(19-41)29(14-26)43-28-13-23-5-7-35-31(23)37-17-28/h3-8,13-14,17,19,27H,9-12,15-16,18,20-22H2,1-2H3,(H,35,37). The van der Waals surface area contributed by atoms with Crippen LogP contribution in [0, 0.1) is 5.41 Å². The molecule has 4 aliphatic rings. The fourth-order valence-electron chi connectivity index (χ4n) is 7.29. The van der Waals surface area contributed by atoms with Crippen molar-refractivity contribution in [1.29, 1.82) is 0 Å². The minimum atomic E-state index is -0.342. The van der Waals surface area contributed by atoms with Crippen molar-refractivity contribution in [3.05, 3.63) is 66.1 Å². The lowest BCUT2D eigenvalue weighted by Crippen LogP contribution is -2.68. The molecule has 1 aliphatic carbocycles. The van der Waals surface area contributed by atoms with Crippen LogP contribution in [0.1, 0.15) is 42.6 Å². The topological polar surface area (TPSA) is 96.0 Å². The SMILES string of the molecule is CC1(C)COc2nccc(CN3CCN(C4CC5(C4)CN(c4ccc(C=O)c(Oc6cnc7[nH]ccc7c6)c4)C5)CC3)c2O1. The molecule has 44 heavy (non-hydrogen) atoms. The summed E-state index contributed by atoms with van der Waals surface area (Å²) in [6.07, 6.45) is 8.71. The maximum Gasteiger partial charge on any atom is 0.257 e. The summed E-state index contributed by atoms with van der Waals surface area (Å²) >= 11 is 0. The summed E-state index contributed by atoms with van der Waals surface area (Å²) in [5.41, 5.74) is 3.66. The van der Waals surface area contributed by atoms with Crippen LogP contribution in [0.25, 0.3) is 11.0 Å². The van der Waals surface area contributed by atoms with Crippen molar-refractivity contribution in [2.24, 2.45) is 5.41 Å². The average molecular weight is 595 g/mol. The lowest BCUT2D eigenvalue weighted by molar-refractivity contribution is -0.0384. The van der Waals surface area contributed by atoms with Crippen molar-refractivity contribution < 1.29 is 19.0 Å². The predicted octanol–water partition coefficient (Wildman–Crippen LogP) is 4.90. The third-order valence-electron chi connectivity index (χ3n) is 9.69. The van der Waals surface area contributed by atoms with Gasteiger partial charge < -0.3 is 24.1 Å². The first kappa shape index (κ1) is 27.4. The maximum absolute atomic E-state index is 11.8. The van der Waals surface area contributed by atoms with E-state index in [0.29, 0.717) is 41.0 Å².